The Labute approximate surface area is 112 Å². The van der Waals surface area contributed by atoms with Gasteiger partial charge in [0.1, 0.15) is 0 Å². The molecule has 0 bridgehead atoms. The Kier molecular flexibility index (Phi) is 5.05. The molecule has 0 unspecified atom stereocenters. The van der Waals surface area contributed by atoms with Crippen LogP contribution >= 0.6 is 0 Å². The number of ether oxygens (including phenoxy) is 1. The van der Waals surface area contributed by atoms with E-state index in [1.54, 1.807) is 0 Å². The van der Waals surface area contributed by atoms with Gasteiger partial charge in [-0.3, -0.25) is 0 Å². The molecule has 0 amide bonds. The number of likely N-dealkylation sites (tertiary alicyclic amines) is 1. The van der Waals surface area contributed by atoms with E-state index in [1.807, 2.05) is 0 Å². The van der Waals surface area contributed by atoms with E-state index in [9.17, 15) is 0 Å². The quantitative estimate of drug-likeness (QED) is 0.754. The molecule has 1 N–H and O–H groups in total. The van der Waals surface area contributed by atoms with Crippen LogP contribution in [0.4, 0.5) is 0 Å². The third-order valence-corrected chi connectivity index (χ3v) is 4.04. The molecule has 3 heteroatoms. The summed E-state index contributed by atoms with van der Waals surface area (Å²) < 4.78 is 5.71. The monoisotopic (exact) mass is 254 g/mol. The molecule has 0 aromatic rings. The molecule has 1 aliphatic carbocycles. The van der Waals surface area contributed by atoms with Crippen molar-refractivity contribution in [3.05, 3.63) is 0 Å². The maximum absolute atomic E-state index is 5.71. The van der Waals surface area contributed by atoms with E-state index in [-0.39, 0.29) is 0 Å². The van der Waals surface area contributed by atoms with Gasteiger partial charge < -0.3 is 15.0 Å². The van der Waals surface area contributed by atoms with Crippen molar-refractivity contribution in [2.45, 2.75) is 58.6 Å². The lowest BCUT2D eigenvalue weighted by Crippen LogP contribution is -2.45. The number of hydrogen-bond acceptors (Lipinski definition) is 3. The molecule has 0 aromatic carbocycles. The van der Waals surface area contributed by atoms with Crippen molar-refractivity contribution in [1.82, 2.24) is 10.2 Å². The Bertz CT molecular complexity index is 243. The van der Waals surface area contributed by atoms with Crippen molar-refractivity contribution in [1.29, 1.82) is 0 Å². The maximum atomic E-state index is 5.71. The Morgan fingerprint density at radius 3 is 2.39 bits per heavy atom. The molecule has 0 spiro atoms. The van der Waals surface area contributed by atoms with Crippen LogP contribution in [-0.2, 0) is 4.74 Å². The van der Waals surface area contributed by atoms with Gasteiger partial charge in [0.2, 0.25) is 0 Å². The molecule has 2 rings (SSSR count). The lowest BCUT2D eigenvalue weighted by Gasteiger charge is -2.37. The predicted molar refractivity (Wildman–Crippen MR) is 75.9 cm³/mol. The zero-order chi connectivity index (χ0) is 13.0. The fourth-order valence-corrected chi connectivity index (χ4v) is 2.84. The van der Waals surface area contributed by atoms with Crippen molar-refractivity contribution in [3.8, 4) is 0 Å². The third-order valence-electron chi connectivity index (χ3n) is 4.04. The molecule has 3 nitrogen and oxygen atoms in total. The topological polar surface area (TPSA) is 24.5 Å². The molecular formula is C15H30N2O. The first-order valence-electron chi connectivity index (χ1n) is 7.66. The van der Waals surface area contributed by atoms with Gasteiger partial charge in [0.05, 0.1) is 6.10 Å². The zero-order valence-corrected chi connectivity index (χ0v) is 12.4. The number of piperidine rings is 1. The third kappa shape index (κ3) is 4.87. The fourth-order valence-electron chi connectivity index (χ4n) is 2.84. The molecule has 2 aliphatic rings. The van der Waals surface area contributed by atoms with Crippen molar-refractivity contribution in [2.24, 2.45) is 5.41 Å². The lowest BCUT2D eigenvalue weighted by atomic mass is 9.91. The lowest BCUT2D eigenvalue weighted by molar-refractivity contribution is 0.00655. The summed E-state index contributed by atoms with van der Waals surface area (Å²) in [7, 11) is 0. The highest BCUT2D eigenvalue weighted by Crippen LogP contribution is 2.24. The predicted octanol–water partition coefficient (Wildman–Crippen LogP) is 2.27. The van der Waals surface area contributed by atoms with Crippen molar-refractivity contribution in [3.63, 3.8) is 0 Å². The molecule has 2 fully saturated rings. The second-order valence-corrected chi connectivity index (χ2v) is 6.75. The summed E-state index contributed by atoms with van der Waals surface area (Å²) in [5.74, 6) is 0. The van der Waals surface area contributed by atoms with Gasteiger partial charge in [0.25, 0.3) is 0 Å². The largest absolute Gasteiger partial charge is 0.378 e. The van der Waals surface area contributed by atoms with Crippen molar-refractivity contribution < 1.29 is 4.74 Å². The van der Waals surface area contributed by atoms with Crippen LogP contribution < -0.4 is 5.32 Å². The molecule has 1 heterocycles. The molecule has 0 radical (unpaired) electrons. The summed E-state index contributed by atoms with van der Waals surface area (Å²) in [5.41, 5.74) is 0.390. The number of nitrogens with one attached hydrogen (secondary N) is 1. The average molecular weight is 254 g/mol. The Hall–Kier alpha value is -0.120. The fraction of sp³-hybridized carbons (Fsp3) is 1.00. The second kappa shape index (κ2) is 6.36. The van der Waals surface area contributed by atoms with Gasteiger partial charge in [0, 0.05) is 38.8 Å². The minimum atomic E-state index is 0.390. The summed E-state index contributed by atoms with van der Waals surface area (Å²) in [5, 5.41) is 3.66. The van der Waals surface area contributed by atoms with E-state index >= 15 is 0 Å². The second-order valence-electron chi connectivity index (χ2n) is 6.75. The highest BCUT2D eigenvalue weighted by molar-refractivity contribution is 4.86. The van der Waals surface area contributed by atoms with Crippen LogP contribution in [0.15, 0.2) is 0 Å². The Morgan fingerprint density at radius 1 is 1.17 bits per heavy atom. The summed E-state index contributed by atoms with van der Waals surface area (Å²) >= 11 is 0. The van der Waals surface area contributed by atoms with Crippen LogP contribution in [0.5, 0.6) is 0 Å². The minimum Gasteiger partial charge on any atom is -0.378 e. The first-order chi connectivity index (χ1) is 8.59. The standard InChI is InChI=1S/C15H30N2O/c1-4-18-14-7-9-17(10-8-14)12-15(2,3)11-16-13-5-6-13/h13-14,16H,4-12H2,1-3H3. The Balaban J connectivity index is 1.65. The first kappa shape index (κ1) is 14.3. The number of rotatable bonds is 7. The molecule has 18 heavy (non-hydrogen) atoms. The summed E-state index contributed by atoms with van der Waals surface area (Å²) in [6.07, 6.45) is 5.70. The van der Waals surface area contributed by atoms with Crippen molar-refractivity contribution in [2.75, 3.05) is 32.8 Å². The molecule has 1 saturated heterocycles. The van der Waals surface area contributed by atoms with E-state index < -0.39 is 0 Å². The average Bonchev–Trinajstić information content (AvgIpc) is 3.13. The Morgan fingerprint density at radius 2 is 1.83 bits per heavy atom. The minimum absolute atomic E-state index is 0.390. The van der Waals surface area contributed by atoms with Crippen LogP contribution in [0.2, 0.25) is 0 Å². The van der Waals surface area contributed by atoms with Gasteiger partial charge in [0.15, 0.2) is 0 Å². The molecular weight excluding hydrogens is 224 g/mol. The van der Waals surface area contributed by atoms with E-state index in [0.29, 0.717) is 11.5 Å². The molecule has 1 aliphatic heterocycles. The summed E-state index contributed by atoms with van der Waals surface area (Å²) in [6, 6.07) is 0.827. The SMILES string of the molecule is CCOC1CCN(CC(C)(C)CNC2CC2)CC1. The highest BCUT2D eigenvalue weighted by atomic mass is 16.5. The molecule has 0 atom stereocenters. The number of hydrogen-bond donors (Lipinski definition) is 1. The van der Waals surface area contributed by atoms with E-state index in [2.05, 4.69) is 31.0 Å². The highest BCUT2D eigenvalue weighted by Gasteiger charge is 2.28. The summed E-state index contributed by atoms with van der Waals surface area (Å²) in [4.78, 5) is 2.62. The van der Waals surface area contributed by atoms with Gasteiger partial charge >= 0.3 is 0 Å². The van der Waals surface area contributed by atoms with Gasteiger partial charge in [-0.2, -0.15) is 0 Å². The summed E-state index contributed by atoms with van der Waals surface area (Å²) in [6.45, 7) is 12.5. The van der Waals surface area contributed by atoms with Crippen LogP contribution in [0.25, 0.3) is 0 Å². The molecule has 0 aromatic heterocycles. The van der Waals surface area contributed by atoms with Gasteiger partial charge in [-0.05, 0) is 38.0 Å². The van der Waals surface area contributed by atoms with Crippen LogP contribution in [0.3, 0.4) is 0 Å². The normalized spacial score (nSPS) is 23.5. The number of nitrogens with zero attached hydrogens (tertiary/aromatic N) is 1. The van der Waals surface area contributed by atoms with Gasteiger partial charge in [-0.1, -0.05) is 13.8 Å². The van der Waals surface area contributed by atoms with E-state index in [0.717, 1.165) is 19.2 Å². The van der Waals surface area contributed by atoms with E-state index in [1.165, 1.54) is 45.3 Å². The van der Waals surface area contributed by atoms with Gasteiger partial charge in [-0.25, -0.2) is 0 Å². The van der Waals surface area contributed by atoms with Crippen LogP contribution in [-0.4, -0.2) is 49.8 Å². The van der Waals surface area contributed by atoms with E-state index in [4.69, 9.17) is 4.74 Å². The smallest absolute Gasteiger partial charge is 0.0599 e. The van der Waals surface area contributed by atoms with Gasteiger partial charge in [-0.15, -0.1) is 0 Å². The first-order valence-corrected chi connectivity index (χ1v) is 7.66. The maximum Gasteiger partial charge on any atom is 0.0599 e. The molecule has 1 saturated carbocycles. The zero-order valence-electron chi connectivity index (χ0n) is 12.4. The molecule has 106 valence electrons. The van der Waals surface area contributed by atoms with Crippen LogP contribution in [0, 0.1) is 5.41 Å². The van der Waals surface area contributed by atoms with Crippen molar-refractivity contribution >= 4 is 0 Å². The van der Waals surface area contributed by atoms with Crippen LogP contribution in [0.1, 0.15) is 46.5 Å².